The monoisotopic (exact) mass is 559 g/mol. The molecule has 0 spiro atoms. The molecule has 0 aromatic carbocycles. The van der Waals surface area contributed by atoms with E-state index in [0.717, 1.165) is 0 Å². The normalized spacial score (nSPS) is 15.2. The van der Waals surface area contributed by atoms with Crippen molar-refractivity contribution in [1.29, 1.82) is 0 Å². The lowest BCUT2D eigenvalue weighted by molar-refractivity contribution is -0.446. The van der Waals surface area contributed by atoms with E-state index in [2.05, 4.69) is 24.8 Å². The first-order chi connectivity index (χ1) is 14.7. The fourth-order valence-corrected chi connectivity index (χ4v) is 2.17. The zero-order valence-corrected chi connectivity index (χ0v) is 16.5. The van der Waals surface area contributed by atoms with Crippen LogP contribution >= 0.6 is 11.6 Å². The van der Waals surface area contributed by atoms with Gasteiger partial charge in [0.05, 0.1) is 0 Å². The van der Waals surface area contributed by atoms with Gasteiger partial charge in [-0.05, 0) is 11.6 Å². The highest BCUT2D eigenvalue weighted by molar-refractivity contribution is 6.22. The predicted molar refractivity (Wildman–Crippen MR) is 82.4 cm³/mol. The highest BCUT2D eigenvalue weighted by Crippen LogP contribution is 2.64. The number of rotatable bonds is 12. The van der Waals surface area contributed by atoms with Gasteiger partial charge in [0.25, 0.3) is 5.91 Å². The largest absolute Gasteiger partial charge is 0.393 e. The van der Waals surface area contributed by atoms with Crippen LogP contribution in [0.5, 0.6) is 0 Å². The molecule has 0 saturated heterocycles. The maximum atomic E-state index is 13.9. The van der Waals surface area contributed by atoms with Gasteiger partial charge >= 0.3 is 46.8 Å². The molecule has 0 aliphatic carbocycles. The van der Waals surface area contributed by atoms with Crippen LogP contribution in [0, 0.1) is 0 Å². The van der Waals surface area contributed by atoms with Gasteiger partial charge in [-0.2, -0.15) is 70.2 Å². The van der Waals surface area contributed by atoms with Gasteiger partial charge in [-0.25, -0.2) is 0 Å². The van der Waals surface area contributed by atoms with Crippen molar-refractivity contribution in [3.8, 4) is 0 Å². The smallest absolute Gasteiger partial charge is 0.330 e. The van der Waals surface area contributed by atoms with E-state index in [4.69, 9.17) is 0 Å². The zero-order valence-electron chi connectivity index (χ0n) is 15.8. The third-order valence-electron chi connectivity index (χ3n) is 3.98. The summed E-state index contributed by atoms with van der Waals surface area (Å²) in [5.74, 6) is -60.4. The van der Waals surface area contributed by atoms with Crippen molar-refractivity contribution in [2.75, 3.05) is 13.1 Å². The van der Waals surface area contributed by atoms with Crippen molar-refractivity contribution < 1.29 is 75.0 Å². The Bertz CT molecular complexity index is 778. The molecule has 0 aliphatic heterocycles. The third kappa shape index (κ3) is 4.29. The van der Waals surface area contributed by atoms with Crippen LogP contribution in [0.25, 0.3) is 0 Å². The standard InChI is InChI=1S/C15H10ClF16NO/c1-3-5-33(6-4-2)7(34)8(17,18)9(19,20)10(21,22)11(23,24)12(25,26)13(27,28)14(29,30)15(16,31)32/h3-4H,1-2,5-6H2. The summed E-state index contributed by atoms with van der Waals surface area (Å²) in [6.45, 7) is 3.34. The molecular weight excluding hydrogens is 550 g/mol. The maximum absolute atomic E-state index is 13.9. The molecule has 0 rings (SSSR count). The highest BCUT2D eigenvalue weighted by Gasteiger charge is 2.95. The van der Waals surface area contributed by atoms with Gasteiger partial charge < -0.3 is 4.90 Å². The summed E-state index contributed by atoms with van der Waals surface area (Å²) >= 11 is 3.41. The van der Waals surface area contributed by atoms with Crippen LogP contribution in [0.15, 0.2) is 25.3 Å². The first-order valence-corrected chi connectivity index (χ1v) is 8.28. The molecule has 0 saturated carbocycles. The van der Waals surface area contributed by atoms with Crippen molar-refractivity contribution >= 4 is 17.5 Å². The maximum Gasteiger partial charge on any atom is 0.393 e. The second-order valence-electron chi connectivity index (χ2n) is 6.31. The SMILES string of the molecule is C=CCN(CC=C)C(=O)C(F)(F)C(F)(F)C(F)(F)C(F)(F)C(F)(F)C(F)(F)C(F)(F)C(F)(F)Cl. The minimum absolute atomic E-state index is 0.503. The van der Waals surface area contributed by atoms with E-state index in [9.17, 15) is 75.0 Å². The van der Waals surface area contributed by atoms with Gasteiger partial charge in [-0.3, -0.25) is 4.79 Å². The van der Waals surface area contributed by atoms with E-state index in [0.29, 0.717) is 12.2 Å². The Balaban J connectivity index is 6.84. The van der Waals surface area contributed by atoms with Gasteiger partial charge in [0, 0.05) is 13.1 Å². The van der Waals surface area contributed by atoms with Crippen LogP contribution in [-0.2, 0) is 4.79 Å². The Morgan fingerprint density at radius 3 is 1.12 bits per heavy atom. The average molecular weight is 560 g/mol. The number of alkyl halides is 17. The molecule has 200 valence electrons. The lowest BCUT2D eigenvalue weighted by atomic mass is 9.89. The first-order valence-electron chi connectivity index (χ1n) is 7.91. The minimum atomic E-state index is -8.62. The summed E-state index contributed by atoms with van der Waals surface area (Å²) < 4.78 is 214. The Kier molecular flexibility index (Phi) is 8.47. The van der Waals surface area contributed by atoms with E-state index in [1.807, 2.05) is 0 Å². The Hall–Kier alpha value is -1.88. The molecule has 0 fully saturated rings. The summed E-state index contributed by atoms with van der Waals surface area (Å²) in [5.41, 5.74) is 0. The number of carbonyl (C=O) groups is 1. The average Bonchev–Trinajstić information content (AvgIpc) is 2.65. The fraction of sp³-hybridized carbons (Fsp3) is 0.667. The molecule has 0 aliphatic rings. The number of hydrogen-bond acceptors (Lipinski definition) is 1. The Labute approximate surface area is 183 Å². The summed E-state index contributed by atoms with van der Waals surface area (Å²) in [7, 11) is 0. The minimum Gasteiger partial charge on any atom is -0.330 e. The number of nitrogens with zero attached hydrogens (tertiary/aromatic N) is 1. The number of hydrogen-bond donors (Lipinski definition) is 0. The molecule has 0 aromatic heterocycles. The van der Waals surface area contributed by atoms with Crippen molar-refractivity contribution in [2.24, 2.45) is 0 Å². The van der Waals surface area contributed by atoms with Crippen LogP contribution < -0.4 is 0 Å². The summed E-state index contributed by atoms with van der Waals surface area (Å²) in [4.78, 5) is 11.0. The van der Waals surface area contributed by atoms with Crippen LogP contribution in [0.4, 0.5) is 70.2 Å². The third-order valence-corrected chi connectivity index (χ3v) is 4.21. The second-order valence-corrected chi connectivity index (χ2v) is 6.78. The molecular formula is C15H10ClF16NO. The van der Waals surface area contributed by atoms with Gasteiger partial charge in [0.2, 0.25) is 0 Å². The zero-order chi connectivity index (χ0) is 28.0. The lowest BCUT2D eigenvalue weighted by Crippen LogP contribution is -2.75. The molecule has 0 N–H and O–H groups in total. The number of carbonyl (C=O) groups excluding carboxylic acids is 1. The summed E-state index contributed by atoms with van der Waals surface area (Å²) in [5, 5.41) is -6.86. The lowest BCUT2D eigenvalue weighted by Gasteiger charge is -2.43. The van der Waals surface area contributed by atoms with Crippen LogP contribution in [-0.4, -0.2) is 70.7 Å². The molecule has 0 unspecified atom stereocenters. The predicted octanol–water partition coefficient (Wildman–Crippen LogP) is 6.47. The van der Waals surface area contributed by atoms with Gasteiger partial charge in [-0.1, -0.05) is 12.2 Å². The van der Waals surface area contributed by atoms with E-state index in [-0.39, 0.29) is 0 Å². The molecule has 0 radical (unpaired) electrons. The number of amides is 1. The first kappa shape index (κ1) is 32.1. The summed E-state index contributed by atoms with van der Waals surface area (Å²) in [6, 6.07) is 0. The molecule has 34 heavy (non-hydrogen) atoms. The molecule has 1 amide bonds. The molecule has 2 nitrogen and oxygen atoms in total. The van der Waals surface area contributed by atoms with E-state index in [1.165, 1.54) is 0 Å². The molecule has 0 heterocycles. The van der Waals surface area contributed by atoms with Gasteiger partial charge in [-0.15, -0.1) is 13.2 Å². The van der Waals surface area contributed by atoms with E-state index >= 15 is 0 Å². The highest BCUT2D eigenvalue weighted by atomic mass is 35.5. The quantitative estimate of drug-likeness (QED) is 0.153. The van der Waals surface area contributed by atoms with Crippen molar-refractivity contribution in [2.45, 2.75) is 46.8 Å². The second kappa shape index (κ2) is 8.96. The molecule has 0 aromatic rings. The van der Waals surface area contributed by atoms with Gasteiger partial charge in [0.1, 0.15) is 0 Å². The Morgan fingerprint density at radius 1 is 0.588 bits per heavy atom. The van der Waals surface area contributed by atoms with Crippen LogP contribution in [0.2, 0.25) is 0 Å². The van der Waals surface area contributed by atoms with E-state index in [1.54, 1.807) is 0 Å². The van der Waals surface area contributed by atoms with Crippen LogP contribution in [0.3, 0.4) is 0 Å². The fourth-order valence-electron chi connectivity index (χ4n) is 2.05. The van der Waals surface area contributed by atoms with Gasteiger partial charge in [0.15, 0.2) is 0 Å². The van der Waals surface area contributed by atoms with E-state index < -0.39 is 70.7 Å². The topological polar surface area (TPSA) is 20.3 Å². The molecule has 0 bridgehead atoms. The van der Waals surface area contributed by atoms with Crippen molar-refractivity contribution in [3.05, 3.63) is 25.3 Å². The van der Waals surface area contributed by atoms with Crippen LogP contribution in [0.1, 0.15) is 0 Å². The number of halogens is 17. The van der Waals surface area contributed by atoms with Crippen molar-refractivity contribution in [3.63, 3.8) is 0 Å². The van der Waals surface area contributed by atoms with Crippen molar-refractivity contribution in [1.82, 2.24) is 4.90 Å². The summed E-state index contributed by atoms with van der Waals surface area (Å²) in [6.07, 6.45) is 1.01. The molecule has 0 atom stereocenters. The molecule has 19 heteroatoms. The Morgan fingerprint density at radius 2 is 0.853 bits per heavy atom.